The first-order valence-corrected chi connectivity index (χ1v) is 8.35. The third-order valence-electron chi connectivity index (χ3n) is 5.14. The number of likely N-dealkylation sites (tertiary alicyclic amines) is 1. The number of hydrogen-bond acceptors (Lipinski definition) is 2. The Morgan fingerprint density at radius 3 is 2.45 bits per heavy atom. The lowest BCUT2D eigenvalue weighted by molar-refractivity contribution is 0.126. The fourth-order valence-corrected chi connectivity index (χ4v) is 3.90. The van der Waals surface area contributed by atoms with E-state index in [1.165, 1.54) is 50.9 Å². The smallest absolute Gasteiger partial charge is 0.0406 e. The van der Waals surface area contributed by atoms with E-state index in [9.17, 15) is 0 Å². The van der Waals surface area contributed by atoms with Crippen molar-refractivity contribution in [3.63, 3.8) is 0 Å². The Morgan fingerprint density at radius 2 is 1.85 bits per heavy atom. The van der Waals surface area contributed by atoms with E-state index in [-0.39, 0.29) is 0 Å². The molecule has 2 unspecified atom stereocenters. The summed E-state index contributed by atoms with van der Waals surface area (Å²) < 4.78 is 0. The van der Waals surface area contributed by atoms with E-state index in [0.717, 1.165) is 17.0 Å². The van der Waals surface area contributed by atoms with Crippen LogP contribution in [0, 0.1) is 5.92 Å². The van der Waals surface area contributed by atoms with Crippen LogP contribution in [0.25, 0.3) is 0 Å². The summed E-state index contributed by atoms with van der Waals surface area (Å²) in [6.07, 6.45) is 5.44. The molecule has 0 spiro atoms. The Kier molecular flexibility index (Phi) is 4.65. The number of hydrogen-bond donors (Lipinski definition) is 1. The highest BCUT2D eigenvalue weighted by Crippen LogP contribution is 2.30. The van der Waals surface area contributed by atoms with Gasteiger partial charge < -0.3 is 5.32 Å². The van der Waals surface area contributed by atoms with Crippen molar-refractivity contribution >= 4 is 11.6 Å². The molecule has 1 aromatic rings. The molecule has 3 heteroatoms. The molecule has 0 bridgehead atoms. The molecule has 2 nitrogen and oxygen atoms in total. The molecule has 110 valence electrons. The van der Waals surface area contributed by atoms with Crippen molar-refractivity contribution in [1.82, 2.24) is 10.2 Å². The second kappa shape index (κ2) is 6.46. The van der Waals surface area contributed by atoms with Crippen molar-refractivity contribution in [2.75, 3.05) is 19.6 Å². The highest BCUT2D eigenvalue weighted by Gasteiger charge is 2.29. The van der Waals surface area contributed by atoms with E-state index in [0.29, 0.717) is 6.04 Å². The first-order chi connectivity index (χ1) is 9.74. The predicted octanol–water partition coefficient (Wildman–Crippen LogP) is 3.87. The minimum absolute atomic E-state index is 0.504. The minimum atomic E-state index is 0.504. The summed E-state index contributed by atoms with van der Waals surface area (Å²) in [5.74, 6) is 0.895. The van der Waals surface area contributed by atoms with Gasteiger partial charge in [-0.15, -0.1) is 0 Å². The molecule has 3 rings (SSSR count). The van der Waals surface area contributed by atoms with Gasteiger partial charge in [0.05, 0.1) is 0 Å². The van der Waals surface area contributed by atoms with E-state index in [1.54, 1.807) is 0 Å². The standard InChI is InChI=1S/C17H25ClN2/c1-13(14-4-6-16(18)7-5-14)20-11-8-15(9-12-20)17-3-2-10-19-17/h4-7,13,15,17,19H,2-3,8-12H2,1H3. The molecule has 1 aromatic carbocycles. The molecular formula is C17H25ClN2. The van der Waals surface area contributed by atoms with Crippen LogP contribution >= 0.6 is 11.6 Å². The van der Waals surface area contributed by atoms with Crippen LogP contribution in [0.2, 0.25) is 5.02 Å². The molecule has 2 heterocycles. The maximum Gasteiger partial charge on any atom is 0.0406 e. The van der Waals surface area contributed by atoms with E-state index >= 15 is 0 Å². The van der Waals surface area contributed by atoms with Gasteiger partial charge in [-0.05, 0) is 75.9 Å². The van der Waals surface area contributed by atoms with Gasteiger partial charge in [0.1, 0.15) is 0 Å². The Morgan fingerprint density at radius 1 is 1.15 bits per heavy atom. The summed E-state index contributed by atoms with van der Waals surface area (Å²) in [4.78, 5) is 2.62. The lowest BCUT2D eigenvalue weighted by atomic mass is 9.87. The zero-order valence-corrected chi connectivity index (χ0v) is 13.1. The molecular weight excluding hydrogens is 268 g/mol. The quantitative estimate of drug-likeness (QED) is 0.910. The lowest BCUT2D eigenvalue weighted by Crippen LogP contribution is -2.41. The first kappa shape index (κ1) is 14.4. The second-order valence-electron chi connectivity index (χ2n) is 6.30. The molecule has 2 atom stereocenters. The Bertz CT molecular complexity index is 417. The average Bonchev–Trinajstić information content (AvgIpc) is 3.02. The SMILES string of the molecule is CC(c1ccc(Cl)cc1)N1CCC(C2CCCN2)CC1. The predicted molar refractivity (Wildman–Crippen MR) is 85.2 cm³/mol. The number of piperidine rings is 1. The third-order valence-corrected chi connectivity index (χ3v) is 5.39. The van der Waals surface area contributed by atoms with Gasteiger partial charge in [-0.2, -0.15) is 0 Å². The van der Waals surface area contributed by atoms with Gasteiger partial charge in [-0.25, -0.2) is 0 Å². The fourth-order valence-electron chi connectivity index (χ4n) is 3.78. The summed E-state index contributed by atoms with van der Waals surface area (Å²) >= 11 is 5.97. The van der Waals surface area contributed by atoms with E-state index < -0.39 is 0 Å². The highest BCUT2D eigenvalue weighted by molar-refractivity contribution is 6.30. The van der Waals surface area contributed by atoms with Crippen molar-refractivity contribution in [1.29, 1.82) is 0 Å². The van der Waals surface area contributed by atoms with Crippen LogP contribution in [0.3, 0.4) is 0 Å². The van der Waals surface area contributed by atoms with Crippen molar-refractivity contribution in [2.45, 2.75) is 44.7 Å². The number of benzene rings is 1. The van der Waals surface area contributed by atoms with Gasteiger partial charge in [0, 0.05) is 17.1 Å². The molecule has 0 amide bonds. The zero-order valence-electron chi connectivity index (χ0n) is 12.3. The number of nitrogens with one attached hydrogen (secondary N) is 1. The zero-order chi connectivity index (χ0) is 13.9. The number of rotatable bonds is 3. The van der Waals surface area contributed by atoms with Gasteiger partial charge in [0.2, 0.25) is 0 Å². The summed E-state index contributed by atoms with van der Waals surface area (Å²) in [6.45, 7) is 6.00. The Balaban J connectivity index is 1.55. The fraction of sp³-hybridized carbons (Fsp3) is 0.647. The molecule has 0 radical (unpaired) electrons. The van der Waals surface area contributed by atoms with Crippen LogP contribution < -0.4 is 5.32 Å². The maximum atomic E-state index is 5.97. The van der Waals surface area contributed by atoms with Gasteiger partial charge in [-0.1, -0.05) is 23.7 Å². The van der Waals surface area contributed by atoms with Crippen molar-refractivity contribution < 1.29 is 0 Å². The molecule has 0 aromatic heterocycles. The summed E-state index contributed by atoms with van der Waals surface area (Å²) in [5, 5.41) is 4.50. The monoisotopic (exact) mass is 292 g/mol. The van der Waals surface area contributed by atoms with Gasteiger partial charge in [-0.3, -0.25) is 4.90 Å². The van der Waals surface area contributed by atoms with E-state index in [1.807, 2.05) is 12.1 Å². The van der Waals surface area contributed by atoms with Gasteiger partial charge in [0.25, 0.3) is 0 Å². The van der Waals surface area contributed by atoms with Crippen LogP contribution in [-0.4, -0.2) is 30.6 Å². The Hall–Kier alpha value is -0.570. The topological polar surface area (TPSA) is 15.3 Å². The lowest BCUT2D eigenvalue weighted by Gasteiger charge is -2.38. The van der Waals surface area contributed by atoms with Crippen LogP contribution in [0.1, 0.15) is 44.2 Å². The normalized spacial score (nSPS) is 26.8. The number of nitrogens with zero attached hydrogens (tertiary/aromatic N) is 1. The van der Waals surface area contributed by atoms with Crippen LogP contribution in [0.5, 0.6) is 0 Å². The van der Waals surface area contributed by atoms with Crippen molar-refractivity contribution in [3.05, 3.63) is 34.9 Å². The third kappa shape index (κ3) is 3.19. The largest absolute Gasteiger partial charge is 0.314 e. The molecule has 20 heavy (non-hydrogen) atoms. The van der Waals surface area contributed by atoms with Gasteiger partial charge >= 0.3 is 0 Å². The molecule has 2 fully saturated rings. The van der Waals surface area contributed by atoms with Gasteiger partial charge in [0.15, 0.2) is 0 Å². The molecule has 1 N–H and O–H groups in total. The van der Waals surface area contributed by atoms with Crippen LogP contribution in [-0.2, 0) is 0 Å². The molecule has 2 saturated heterocycles. The Labute approximate surface area is 127 Å². The highest BCUT2D eigenvalue weighted by atomic mass is 35.5. The first-order valence-electron chi connectivity index (χ1n) is 7.97. The summed E-state index contributed by atoms with van der Waals surface area (Å²) in [6, 6.07) is 9.63. The summed E-state index contributed by atoms with van der Waals surface area (Å²) in [5.41, 5.74) is 1.38. The van der Waals surface area contributed by atoms with Crippen molar-refractivity contribution in [2.24, 2.45) is 5.92 Å². The molecule has 0 aliphatic carbocycles. The minimum Gasteiger partial charge on any atom is -0.314 e. The van der Waals surface area contributed by atoms with E-state index in [2.05, 4.69) is 29.3 Å². The maximum absolute atomic E-state index is 5.97. The van der Waals surface area contributed by atoms with E-state index in [4.69, 9.17) is 11.6 Å². The average molecular weight is 293 g/mol. The summed E-state index contributed by atoms with van der Waals surface area (Å²) in [7, 11) is 0. The molecule has 2 aliphatic rings. The molecule has 0 saturated carbocycles. The molecule has 2 aliphatic heterocycles. The van der Waals surface area contributed by atoms with Crippen LogP contribution in [0.4, 0.5) is 0 Å². The number of halogens is 1. The second-order valence-corrected chi connectivity index (χ2v) is 6.74. The van der Waals surface area contributed by atoms with Crippen LogP contribution in [0.15, 0.2) is 24.3 Å². The van der Waals surface area contributed by atoms with Crippen molar-refractivity contribution in [3.8, 4) is 0 Å².